The molecule has 0 aromatic heterocycles. The number of benzene rings is 1. The van der Waals surface area contributed by atoms with E-state index in [4.69, 9.17) is 15.2 Å². The van der Waals surface area contributed by atoms with Gasteiger partial charge in [-0.2, -0.15) is 0 Å². The third kappa shape index (κ3) is 5.18. The van der Waals surface area contributed by atoms with Gasteiger partial charge in [-0.15, -0.1) is 0 Å². The number of nitrogens with one attached hydrogen (secondary N) is 1. The Balaban J connectivity index is 2.41. The van der Waals surface area contributed by atoms with Crippen LogP contribution in [-0.4, -0.2) is 32.3 Å². The summed E-state index contributed by atoms with van der Waals surface area (Å²) in [6.07, 6.45) is 1.01. The average Bonchev–Trinajstić information content (AvgIpc) is 2.38. The number of nitrogens with two attached hydrogens (primary N) is 1. The van der Waals surface area contributed by atoms with Gasteiger partial charge in [0.2, 0.25) is 0 Å². The van der Waals surface area contributed by atoms with Gasteiger partial charge in [0.15, 0.2) is 0 Å². The number of anilines is 1. The van der Waals surface area contributed by atoms with Crippen LogP contribution in [0, 0.1) is 0 Å². The van der Waals surface area contributed by atoms with Gasteiger partial charge in [-0.3, -0.25) is 4.79 Å². The van der Waals surface area contributed by atoms with E-state index in [0.717, 1.165) is 6.42 Å². The summed E-state index contributed by atoms with van der Waals surface area (Å²) in [6.45, 7) is 5.19. The predicted octanol–water partition coefficient (Wildman–Crippen LogP) is 1.82. The molecule has 0 aliphatic heterocycles. The first-order chi connectivity index (χ1) is 9.04. The molecule has 5 nitrogen and oxygen atoms in total. The second-order valence-corrected chi connectivity index (χ2v) is 4.49. The first-order valence-electron chi connectivity index (χ1n) is 6.38. The summed E-state index contributed by atoms with van der Waals surface area (Å²) in [5.74, 6) is 0.374. The van der Waals surface area contributed by atoms with Crippen LogP contribution in [0.4, 0.5) is 5.69 Å². The second kappa shape index (κ2) is 7.63. The summed E-state index contributed by atoms with van der Waals surface area (Å²) in [6, 6.07) is 4.97. The zero-order valence-electron chi connectivity index (χ0n) is 11.7. The van der Waals surface area contributed by atoms with Crippen LogP contribution in [0.5, 0.6) is 5.75 Å². The lowest BCUT2D eigenvalue weighted by Gasteiger charge is -2.09. The quantitative estimate of drug-likeness (QED) is 0.583. The lowest BCUT2D eigenvalue weighted by molar-refractivity contribution is 0.0757. The molecule has 0 saturated carbocycles. The van der Waals surface area contributed by atoms with Gasteiger partial charge in [0.25, 0.3) is 5.91 Å². The number of hydrogen-bond donors (Lipinski definition) is 2. The van der Waals surface area contributed by atoms with Gasteiger partial charge in [0.05, 0.1) is 18.9 Å². The average molecular weight is 266 g/mol. The molecule has 0 saturated heterocycles. The minimum atomic E-state index is -0.136. The lowest BCUT2D eigenvalue weighted by atomic mass is 10.2. The molecular weight excluding hydrogens is 244 g/mol. The van der Waals surface area contributed by atoms with Crippen LogP contribution in [0.2, 0.25) is 0 Å². The topological polar surface area (TPSA) is 73.6 Å². The maximum Gasteiger partial charge on any atom is 0.251 e. The number of nitrogen functional groups attached to an aromatic ring is 1. The Hall–Kier alpha value is -1.75. The molecule has 19 heavy (non-hydrogen) atoms. The van der Waals surface area contributed by atoms with Crippen molar-refractivity contribution in [3.05, 3.63) is 23.8 Å². The van der Waals surface area contributed by atoms with Crippen molar-refractivity contribution in [1.82, 2.24) is 5.32 Å². The first kappa shape index (κ1) is 15.3. The summed E-state index contributed by atoms with van der Waals surface area (Å²) >= 11 is 0. The van der Waals surface area contributed by atoms with Gasteiger partial charge in [-0.25, -0.2) is 0 Å². The fourth-order valence-corrected chi connectivity index (χ4v) is 1.55. The molecule has 1 aromatic carbocycles. The Morgan fingerprint density at radius 2 is 2.16 bits per heavy atom. The number of rotatable bonds is 7. The molecule has 0 atom stereocenters. The zero-order valence-corrected chi connectivity index (χ0v) is 11.7. The summed E-state index contributed by atoms with van der Waals surface area (Å²) in [7, 11) is 1.52. The Labute approximate surface area is 114 Å². The van der Waals surface area contributed by atoms with E-state index in [1.54, 1.807) is 18.2 Å². The molecule has 0 aliphatic rings. The molecule has 1 rings (SSSR count). The number of hydrogen-bond acceptors (Lipinski definition) is 4. The van der Waals surface area contributed by atoms with Crippen molar-refractivity contribution in [3.8, 4) is 5.75 Å². The van der Waals surface area contributed by atoms with E-state index in [2.05, 4.69) is 5.32 Å². The molecule has 0 heterocycles. The zero-order chi connectivity index (χ0) is 14.3. The fraction of sp³-hybridized carbons (Fsp3) is 0.500. The van der Waals surface area contributed by atoms with Gasteiger partial charge < -0.3 is 20.5 Å². The molecule has 0 bridgehead atoms. The van der Waals surface area contributed by atoms with E-state index in [1.165, 1.54) is 7.11 Å². The minimum Gasteiger partial charge on any atom is -0.495 e. The van der Waals surface area contributed by atoms with E-state index in [0.29, 0.717) is 30.2 Å². The van der Waals surface area contributed by atoms with Crippen LogP contribution in [0.15, 0.2) is 18.2 Å². The third-order valence-corrected chi connectivity index (χ3v) is 2.55. The van der Waals surface area contributed by atoms with Crippen molar-refractivity contribution < 1.29 is 14.3 Å². The molecule has 0 unspecified atom stereocenters. The largest absolute Gasteiger partial charge is 0.495 e. The predicted molar refractivity (Wildman–Crippen MR) is 75.4 cm³/mol. The summed E-state index contributed by atoms with van der Waals surface area (Å²) < 4.78 is 10.5. The Bertz CT molecular complexity index is 419. The summed E-state index contributed by atoms with van der Waals surface area (Å²) in [5.41, 5.74) is 6.75. The maximum absolute atomic E-state index is 11.9. The molecule has 0 spiro atoms. The monoisotopic (exact) mass is 266 g/mol. The highest BCUT2D eigenvalue weighted by atomic mass is 16.5. The van der Waals surface area contributed by atoms with Crippen molar-refractivity contribution >= 4 is 11.6 Å². The number of carbonyl (C=O) groups excluding carboxylic acids is 1. The number of methoxy groups -OCH3 is 1. The summed E-state index contributed by atoms with van der Waals surface area (Å²) in [4.78, 5) is 11.9. The van der Waals surface area contributed by atoms with E-state index in [9.17, 15) is 4.79 Å². The molecule has 1 amide bonds. The molecular formula is C14H22N2O3. The number of amides is 1. The van der Waals surface area contributed by atoms with Crippen molar-refractivity contribution in [2.24, 2.45) is 0 Å². The minimum absolute atomic E-state index is 0.136. The van der Waals surface area contributed by atoms with Crippen molar-refractivity contribution in [2.45, 2.75) is 26.4 Å². The lowest BCUT2D eigenvalue weighted by Crippen LogP contribution is -2.25. The highest BCUT2D eigenvalue weighted by Gasteiger charge is 2.08. The van der Waals surface area contributed by atoms with Gasteiger partial charge in [-0.1, -0.05) is 0 Å². The molecule has 106 valence electrons. The Morgan fingerprint density at radius 3 is 2.79 bits per heavy atom. The van der Waals surface area contributed by atoms with Crippen molar-refractivity contribution in [2.75, 3.05) is 26.0 Å². The number of ether oxygens (including phenoxy) is 2. The normalized spacial score (nSPS) is 10.5. The fourth-order valence-electron chi connectivity index (χ4n) is 1.55. The highest BCUT2D eigenvalue weighted by Crippen LogP contribution is 2.21. The third-order valence-electron chi connectivity index (χ3n) is 2.55. The van der Waals surface area contributed by atoms with E-state index < -0.39 is 0 Å². The van der Waals surface area contributed by atoms with E-state index >= 15 is 0 Å². The van der Waals surface area contributed by atoms with Gasteiger partial charge in [0, 0.05) is 18.7 Å². The van der Waals surface area contributed by atoms with Crippen LogP contribution in [0.3, 0.4) is 0 Å². The van der Waals surface area contributed by atoms with Crippen LogP contribution in [-0.2, 0) is 4.74 Å². The smallest absolute Gasteiger partial charge is 0.251 e. The first-order valence-corrected chi connectivity index (χ1v) is 6.38. The second-order valence-electron chi connectivity index (χ2n) is 4.49. The molecule has 0 fully saturated rings. The highest BCUT2D eigenvalue weighted by molar-refractivity contribution is 5.95. The molecule has 1 aromatic rings. The van der Waals surface area contributed by atoms with Crippen LogP contribution in [0.1, 0.15) is 30.6 Å². The summed E-state index contributed by atoms with van der Waals surface area (Å²) in [5, 5.41) is 2.83. The Kier molecular flexibility index (Phi) is 6.15. The molecule has 3 N–H and O–H groups in total. The number of carbonyl (C=O) groups is 1. The van der Waals surface area contributed by atoms with E-state index in [-0.39, 0.29) is 12.0 Å². The van der Waals surface area contributed by atoms with E-state index in [1.807, 2.05) is 13.8 Å². The Morgan fingerprint density at radius 1 is 1.42 bits per heavy atom. The SMILES string of the molecule is COc1cc(C(=O)NCCCOC(C)C)ccc1N. The standard InChI is InChI=1S/C14H22N2O3/c1-10(2)19-8-4-7-16-14(17)11-5-6-12(15)13(9-11)18-3/h5-6,9-10H,4,7-8,15H2,1-3H3,(H,16,17). The van der Waals surface area contributed by atoms with Crippen LogP contribution < -0.4 is 15.8 Å². The molecule has 5 heteroatoms. The maximum atomic E-state index is 11.9. The van der Waals surface area contributed by atoms with Gasteiger partial charge in [-0.05, 0) is 38.5 Å². The van der Waals surface area contributed by atoms with Crippen molar-refractivity contribution in [1.29, 1.82) is 0 Å². The van der Waals surface area contributed by atoms with Gasteiger partial charge >= 0.3 is 0 Å². The van der Waals surface area contributed by atoms with Crippen LogP contribution >= 0.6 is 0 Å². The van der Waals surface area contributed by atoms with Crippen molar-refractivity contribution in [3.63, 3.8) is 0 Å². The van der Waals surface area contributed by atoms with Gasteiger partial charge in [0.1, 0.15) is 5.75 Å². The van der Waals surface area contributed by atoms with Crippen LogP contribution in [0.25, 0.3) is 0 Å². The molecule has 0 aliphatic carbocycles. The molecule has 0 radical (unpaired) electrons.